The highest BCUT2D eigenvalue weighted by molar-refractivity contribution is 6.34. The Bertz CT molecular complexity index is 1230. The predicted octanol–water partition coefficient (Wildman–Crippen LogP) is 6.21. The Labute approximate surface area is 212 Å². The molecule has 1 aromatic heterocycles. The standard InChI is InChI=1S/C28H34ClN3O3/c1-6-34-26(33)16-32(5)18(4)19-7-8-21-14-23(11-9-20(21)13-19)35-27(17(2)3)22-10-12-25-24(15-22)28(29)31-30-25/h9-15,17-18,27H,6-8,16H2,1-5H3,(H,30,31). The van der Waals surface area contributed by atoms with Gasteiger partial charge in [-0.25, -0.2) is 0 Å². The Kier molecular flexibility index (Phi) is 7.82. The number of aromatic amines is 1. The lowest BCUT2D eigenvalue weighted by molar-refractivity contribution is -0.144. The molecule has 1 heterocycles. The number of hydrogen-bond donors (Lipinski definition) is 1. The topological polar surface area (TPSA) is 67.4 Å². The minimum Gasteiger partial charge on any atom is -0.485 e. The zero-order chi connectivity index (χ0) is 25.1. The van der Waals surface area contributed by atoms with Gasteiger partial charge in [0.25, 0.3) is 0 Å². The van der Waals surface area contributed by atoms with Gasteiger partial charge in [0, 0.05) is 11.4 Å². The lowest BCUT2D eigenvalue weighted by Crippen LogP contribution is -2.36. The number of hydrogen-bond acceptors (Lipinski definition) is 5. The first kappa shape index (κ1) is 25.3. The molecule has 2 atom stereocenters. The van der Waals surface area contributed by atoms with Crippen LogP contribution in [0.15, 0.2) is 42.0 Å². The van der Waals surface area contributed by atoms with Gasteiger partial charge in [0.05, 0.1) is 18.7 Å². The molecule has 0 saturated heterocycles. The second-order valence-corrected chi connectivity index (χ2v) is 9.95. The number of aromatic nitrogens is 2. The van der Waals surface area contributed by atoms with Gasteiger partial charge >= 0.3 is 5.97 Å². The number of nitrogens with zero attached hydrogens (tertiary/aromatic N) is 2. The Morgan fingerprint density at radius 3 is 2.71 bits per heavy atom. The highest BCUT2D eigenvalue weighted by Crippen LogP contribution is 2.35. The van der Waals surface area contributed by atoms with E-state index in [1.165, 1.54) is 16.7 Å². The van der Waals surface area contributed by atoms with E-state index in [-0.39, 0.29) is 24.0 Å². The number of nitrogens with one attached hydrogen (secondary N) is 1. The Morgan fingerprint density at radius 2 is 1.97 bits per heavy atom. The van der Waals surface area contributed by atoms with Gasteiger partial charge in [-0.3, -0.25) is 14.8 Å². The number of carbonyl (C=O) groups is 1. The molecular formula is C28H34ClN3O3. The van der Waals surface area contributed by atoms with Gasteiger partial charge in [-0.05, 0) is 80.6 Å². The summed E-state index contributed by atoms with van der Waals surface area (Å²) < 4.78 is 11.6. The molecule has 0 bridgehead atoms. The number of benzene rings is 2. The fourth-order valence-corrected chi connectivity index (χ4v) is 4.83. The molecule has 0 aliphatic heterocycles. The van der Waals surface area contributed by atoms with Gasteiger partial charge in [-0.1, -0.05) is 49.2 Å². The number of carbonyl (C=O) groups excluding carboxylic acids is 1. The Balaban J connectivity index is 1.50. The summed E-state index contributed by atoms with van der Waals surface area (Å²) in [4.78, 5) is 13.9. The van der Waals surface area contributed by atoms with E-state index >= 15 is 0 Å². The van der Waals surface area contributed by atoms with Crippen LogP contribution in [0.4, 0.5) is 0 Å². The molecule has 2 aromatic carbocycles. The molecule has 1 aliphatic rings. The van der Waals surface area contributed by atoms with Gasteiger partial charge in [0.1, 0.15) is 17.0 Å². The van der Waals surface area contributed by atoms with Crippen LogP contribution in [0.1, 0.15) is 56.9 Å². The molecule has 0 saturated carbocycles. The van der Waals surface area contributed by atoms with E-state index in [0.717, 1.165) is 35.1 Å². The van der Waals surface area contributed by atoms with E-state index in [2.05, 4.69) is 61.3 Å². The van der Waals surface area contributed by atoms with Crippen LogP contribution >= 0.6 is 11.6 Å². The van der Waals surface area contributed by atoms with Crippen LogP contribution in [0.3, 0.4) is 0 Å². The first-order valence-electron chi connectivity index (χ1n) is 12.3. The summed E-state index contributed by atoms with van der Waals surface area (Å²) in [6, 6.07) is 12.6. The van der Waals surface area contributed by atoms with E-state index < -0.39 is 0 Å². The number of ether oxygens (including phenoxy) is 2. The summed E-state index contributed by atoms with van der Waals surface area (Å²) in [5.74, 6) is 0.955. The minimum absolute atomic E-state index is 0.102. The number of esters is 1. The van der Waals surface area contributed by atoms with Crippen LogP contribution in [0.25, 0.3) is 17.0 Å². The van der Waals surface area contributed by atoms with Crippen molar-refractivity contribution in [2.24, 2.45) is 5.92 Å². The molecule has 0 fully saturated rings. The van der Waals surface area contributed by atoms with Crippen molar-refractivity contribution < 1.29 is 14.3 Å². The van der Waals surface area contributed by atoms with Crippen LogP contribution < -0.4 is 4.74 Å². The highest BCUT2D eigenvalue weighted by Gasteiger charge is 2.23. The largest absolute Gasteiger partial charge is 0.485 e. The van der Waals surface area contributed by atoms with E-state index in [0.29, 0.717) is 18.3 Å². The Hall–Kier alpha value is -2.83. The lowest BCUT2D eigenvalue weighted by atomic mass is 9.88. The molecule has 35 heavy (non-hydrogen) atoms. The summed E-state index contributed by atoms with van der Waals surface area (Å²) in [5.41, 5.74) is 5.74. The van der Waals surface area contributed by atoms with E-state index in [9.17, 15) is 4.79 Å². The van der Waals surface area contributed by atoms with Gasteiger partial charge in [-0.2, -0.15) is 5.10 Å². The van der Waals surface area contributed by atoms with Crippen molar-refractivity contribution >= 4 is 34.5 Å². The van der Waals surface area contributed by atoms with Crippen LogP contribution in [0.5, 0.6) is 5.75 Å². The summed E-state index contributed by atoms with van der Waals surface area (Å²) in [5, 5.41) is 8.50. The van der Waals surface area contributed by atoms with E-state index in [1.807, 2.05) is 31.0 Å². The molecule has 2 unspecified atom stereocenters. The number of aryl methyl sites for hydroxylation is 1. The monoisotopic (exact) mass is 495 g/mol. The number of fused-ring (bicyclic) bond motifs is 2. The zero-order valence-electron chi connectivity index (χ0n) is 21.1. The van der Waals surface area contributed by atoms with Crippen LogP contribution in [0.2, 0.25) is 5.15 Å². The highest BCUT2D eigenvalue weighted by atomic mass is 35.5. The van der Waals surface area contributed by atoms with Gasteiger partial charge < -0.3 is 9.47 Å². The molecule has 1 N–H and O–H groups in total. The first-order chi connectivity index (χ1) is 16.8. The lowest BCUT2D eigenvalue weighted by Gasteiger charge is -2.29. The summed E-state index contributed by atoms with van der Waals surface area (Å²) in [6.07, 6.45) is 4.05. The normalized spacial score (nSPS) is 15.1. The maximum atomic E-state index is 11.9. The van der Waals surface area contributed by atoms with Crippen molar-refractivity contribution in [1.29, 1.82) is 0 Å². The van der Waals surface area contributed by atoms with Crippen molar-refractivity contribution in [3.63, 3.8) is 0 Å². The number of halogens is 1. The molecule has 4 rings (SSSR count). The van der Waals surface area contributed by atoms with Crippen LogP contribution in [-0.2, 0) is 16.0 Å². The van der Waals surface area contributed by atoms with Crippen molar-refractivity contribution in [3.05, 3.63) is 63.8 Å². The quantitative estimate of drug-likeness (QED) is 0.358. The zero-order valence-corrected chi connectivity index (χ0v) is 21.9. The minimum atomic E-state index is -0.186. The van der Waals surface area contributed by atoms with E-state index in [4.69, 9.17) is 21.1 Å². The third-order valence-corrected chi connectivity index (χ3v) is 7.04. The van der Waals surface area contributed by atoms with E-state index in [1.54, 1.807) is 0 Å². The average Bonchev–Trinajstić information content (AvgIpc) is 3.21. The smallest absolute Gasteiger partial charge is 0.320 e. The molecule has 0 amide bonds. The fourth-order valence-electron chi connectivity index (χ4n) is 4.63. The third-order valence-electron chi connectivity index (χ3n) is 6.75. The van der Waals surface area contributed by atoms with Crippen molar-refractivity contribution in [3.8, 4) is 5.75 Å². The molecule has 7 heteroatoms. The van der Waals surface area contributed by atoms with Gasteiger partial charge in [0.2, 0.25) is 0 Å². The second-order valence-electron chi connectivity index (χ2n) is 9.57. The molecular weight excluding hydrogens is 462 g/mol. The number of rotatable bonds is 9. The molecule has 0 spiro atoms. The van der Waals surface area contributed by atoms with Gasteiger partial charge in [-0.15, -0.1) is 0 Å². The SMILES string of the molecule is CCOC(=O)CN(C)C(C)C1=Cc2ccc(OC(c3ccc4n[nH]c(Cl)c4c3)C(C)C)cc2CC1. The van der Waals surface area contributed by atoms with Gasteiger partial charge in [0.15, 0.2) is 0 Å². The summed E-state index contributed by atoms with van der Waals surface area (Å²) in [6.45, 7) is 8.99. The predicted molar refractivity (Wildman–Crippen MR) is 141 cm³/mol. The first-order valence-corrected chi connectivity index (χ1v) is 12.6. The summed E-state index contributed by atoms with van der Waals surface area (Å²) in [7, 11) is 1.97. The maximum Gasteiger partial charge on any atom is 0.320 e. The molecule has 1 aliphatic carbocycles. The van der Waals surface area contributed by atoms with Crippen molar-refractivity contribution in [2.45, 2.75) is 52.7 Å². The Morgan fingerprint density at radius 1 is 1.17 bits per heavy atom. The molecule has 0 radical (unpaired) electrons. The molecule has 6 nitrogen and oxygen atoms in total. The fraction of sp³-hybridized carbons (Fsp3) is 0.429. The molecule has 3 aromatic rings. The van der Waals surface area contributed by atoms with Crippen LogP contribution in [0, 0.1) is 5.92 Å². The number of H-pyrrole nitrogens is 1. The van der Waals surface area contributed by atoms with Crippen molar-refractivity contribution in [1.82, 2.24) is 15.1 Å². The third kappa shape index (κ3) is 5.71. The second kappa shape index (κ2) is 10.8. The molecule has 186 valence electrons. The van der Waals surface area contributed by atoms with Crippen molar-refractivity contribution in [2.75, 3.05) is 20.2 Å². The summed E-state index contributed by atoms with van der Waals surface area (Å²) >= 11 is 6.27. The average molecular weight is 496 g/mol. The maximum absolute atomic E-state index is 11.9. The number of likely N-dealkylation sites (N-methyl/N-ethyl adjacent to an activating group) is 1. The van der Waals surface area contributed by atoms with Crippen LogP contribution in [-0.4, -0.2) is 47.3 Å².